The molecule has 0 bridgehead atoms. The molecular formula is C16H15ClFNO. The molecule has 0 aliphatic heterocycles. The first kappa shape index (κ1) is 14.7. The van der Waals surface area contributed by atoms with Crippen LogP contribution in [0, 0.1) is 5.82 Å². The van der Waals surface area contributed by atoms with E-state index in [-0.39, 0.29) is 12.2 Å². The number of carbonyl (C=O) groups is 1. The molecule has 2 aromatic carbocycles. The van der Waals surface area contributed by atoms with Gasteiger partial charge in [-0.3, -0.25) is 4.79 Å². The van der Waals surface area contributed by atoms with Gasteiger partial charge in [0, 0.05) is 17.0 Å². The molecule has 0 aliphatic rings. The normalized spacial score (nSPS) is 10.6. The summed E-state index contributed by atoms with van der Waals surface area (Å²) < 4.78 is 13.2. The summed E-state index contributed by atoms with van der Waals surface area (Å²) >= 11 is 5.99. The third-order valence-electron chi connectivity index (χ3n) is 3.09. The third-order valence-corrected chi connectivity index (χ3v) is 3.46. The average Bonchev–Trinajstić information content (AvgIpc) is 2.44. The van der Waals surface area contributed by atoms with E-state index in [1.165, 1.54) is 18.2 Å². The Hall–Kier alpha value is -1.71. The number of benzene rings is 2. The molecule has 0 heterocycles. The third kappa shape index (κ3) is 3.44. The van der Waals surface area contributed by atoms with Crippen molar-refractivity contribution < 1.29 is 9.18 Å². The van der Waals surface area contributed by atoms with Gasteiger partial charge in [0.05, 0.1) is 0 Å². The lowest BCUT2D eigenvalue weighted by Gasteiger charge is -2.08. The number of rotatable bonds is 5. The van der Waals surface area contributed by atoms with E-state index in [9.17, 15) is 9.18 Å². The molecular weight excluding hydrogens is 277 g/mol. The molecule has 4 heteroatoms. The number of Topliss-reactive ketones (excluding diaryl/α,β-unsaturated/α-hetero) is 1. The van der Waals surface area contributed by atoms with Crippen LogP contribution < -0.4 is 5.73 Å². The minimum absolute atomic E-state index is 0.0815. The molecule has 2 nitrogen and oxygen atoms in total. The van der Waals surface area contributed by atoms with Crippen LogP contribution in [0.25, 0.3) is 0 Å². The van der Waals surface area contributed by atoms with Gasteiger partial charge in [-0.15, -0.1) is 0 Å². The first-order chi connectivity index (χ1) is 9.61. The molecule has 0 aliphatic carbocycles. The Bertz CT molecular complexity index is 628. The molecule has 2 aromatic rings. The molecule has 0 fully saturated rings. The molecule has 0 spiro atoms. The van der Waals surface area contributed by atoms with E-state index in [0.29, 0.717) is 29.1 Å². The maximum atomic E-state index is 13.2. The fourth-order valence-electron chi connectivity index (χ4n) is 2.11. The van der Waals surface area contributed by atoms with E-state index >= 15 is 0 Å². The van der Waals surface area contributed by atoms with Crippen molar-refractivity contribution in [1.29, 1.82) is 0 Å². The van der Waals surface area contributed by atoms with E-state index in [0.717, 1.165) is 5.56 Å². The van der Waals surface area contributed by atoms with Crippen molar-refractivity contribution in [2.24, 2.45) is 5.73 Å². The van der Waals surface area contributed by atoms with E-state index in [1.807, 2.05) is 12.1 Å². The van der Waals surface area contributed by atoms with Crippen molar-refractivity contribution in [3.05, 3.63) is 70.0 Å². The minimum Gasteiger partial charge on any atom is -0.330 e. The Kier molecular flexibility index (Phi) is 4.88. The van der Waals surface area contributed by atoms with Gasteiger partial charge in [0.2, 0.25) is 0 Å². The van der Waals surface area contributed by atoms with Crippen LogP contribution in [0.1, 0.15) is 21.5 Å². The van der Waals surface area contributed by atoms with E-state index in [4.69, 9.17) is 17.3 Å². The first-order valence-corrected chi connectivity index (χ1v) is 6.74. The van der Waals surface area contributed by atoms with Gasteiger partial charge < -0.3 is 5.73 Å². The maximum absolute atomic E-state index is 13.2. The Morgan fingerprint density at radius 1 is 1.15 bits per heavy atom. The van der Waals surface area contributed by atoms with Crippen molar-refractivity contribution in [2.75, 3.05) is 6.54 Å². The number of carbonyl (C=O) groups excluding carboxylic acids is 1. The average molecular weight is 292 g/mol. The van der Waals surface area contributed by atoms with Crippen molar-refractivity contribution in [3.63, 3.8) is 0 Å². The molecule has 20 heavy (non-hydrogen) atoms. The Morgan fingerprint density at radius 2 is 1.90 bits per heavy atom. The molecule has 0 unspecified atom stereocenters. The van der Waals surface area contributed by atoms with Crippen LogP contribution >= 0.6 is 11.6 Å². The fourth-order valence-corrected chi connectivity index (χ4v) is 2.30. The van der Waals surface area contributed by atoms with Gasteiger partial charge in [-0.1, -0.05) is 35.9 Å². The zero-order valence-electron chi connectivity index (χ0n) is 10.9. The molecule has 0 aromatic heterocycles. The molecule has 0 amide bonds. The number of halogens is 2. The van der Waals surface area contributed by atoms with Gasteiger partial charge in [0.15, 0.2) is 5.78 Å². The van der Waals surface area contributed by atoms with Gasteiger partial charge in [-0.2, -0.15) is 0 Å². The minimum atomic E-state index is -0.396. The molecule has 0 saturated carbocycles. The molecule has 0 saturated heterocycles. The Morgan fingerprint density at radius 3 is 2.65 bits per heavy atom. The van der Waals surface area contributed by atoms with Crippen molar-refractivity contribution in [3.8, 4) is 0 Å². The molecule has 0 atom stereocenters. The smallest absolute Gasteiger partial charge is 0.167 e. The number of hydrogen-bond donors (Lipinski definition) is 1. The highest BCUT2D eigenvalue weighted by molar-refractivity contribution is 6.31. The Balaban J connectivity index is 2.26. The SMILES string of the molecule is NCCc1ccccc1C(=O)Cc1cc(F)ccc1Cl. The summed E-state index contributed by atoms with van der Waals surface area (Å²) in [6.07, 6.45) is 0.719. The number of ketones is 1. The maximum Gasteiger partial charge on any atom is 0.167 e. The van der Waals surface area contributed by atoms with Crippen LogP contribution in [0.4, 0.5) is 4.39 Å². The lowest BCUT2D eigenvalue weighted by Crippen LogP contribution is -2.11. The number of nitrogens with two attached hydrogens (primary N) is 1. The largest absolute Gasteiger partial charge is 0.330 e. The predicted molar refractivity (Wildman–Crippen MR) is 78.6 cm³/mol. The first-order valence-electron chi connectivity index (χ1n) is 6.37. The number of hydrogen-bond acceptors (Lipinski definition) is 2. The highest BCUT2D eigenvalue weighted by Crippen LogP contribution is 2.20. The molecule has 0 radical (unpaired) electrons. The monoisotopic (exact) mass is 291 g/mol. The summed E-state index contributed by atoms with van der Waals surface area (Å²) in [7, 11) is 0. The fraction of sp³-hybridized carbons (Fsp3) is 0.188. The van der Waals surface area contributed by atoms with Crippen molar-refractivity contribution >= 4 is 17.4 Å². The van der Waals surface area contributed by atoms with Crippen molar-refractivity contribution in [1.82, 2.24) is 0 Å². The topological polar surface area (TPSA) is 43.1 Å². The second kappa shape index (κ2) is 6.64. The van der Waals surface area contributed by atoms with Crippen LogP contribution in [0.2, 0.25) is 5.02 Å². The molecule has 2 rings (SSSR count). The van der Waals surface area contributed by atoms with Crippen LogP contribution in [0.15, 0.2) is 42.5 Å². The summed E-state index contributed by atoms with van der Waals surface area (Å²) in [5.41, 5.74) is 7.58. The predicted octanol–water partition coefficient (Wildman–Crippen LogP) is 3.41. The summed E-state index contributed by atoms with van der Waals surface area (Å²) in [6.45, 7) is 0.477. The summed E-state index contributed by atoms with van der Waals surface area (Å²) in [6, 6.07) is 11.4. The van der Waals surface area contributed by atoms with Gasteiger partial charge in [0.1, 0.15) is 5.82 Å². The van der Waals surface area contributed by atoms with E-state index < -0.39 is 5.82 Å². The van der Waals surface area contributed by atoms with Crippen LogP contribution in [-0.4, -0.2) is 12.3 Å². The van der Waals surface area contributed by atoms with Gasteiger partial charge >= 0.3 is 0 Å². The van der Waals surface area contributed by atoms with Gasteiger partial charge in [-0.05, 0) is 42.3 Å². The summed E-state index contributed by atoms with van der Waals surface area (Å²) in [4.78, 5) is 12.4. The van der Waals surface area contributed by atoms with Crippen LogP contribution in [0.5, 0.6) is 0 Å². The zero-order valence-corrected chi connectivity index (χ0v) is 11.7. The van der Waals surface area contributed by atoms with Crippen LogP contribution in [-0.2, 0) is 12.8 Å². The lowest BCUT2D eigenvalue weighted by molar-refractivity contribution is 0.0992. The van der Waals surface area contributed by atoms with Gasteiger partial charge in [0.25, 0.3) is 0 Å². The highest BCUT2D eigenvalue weighted by atomic mass is 35.5. The van der Waals surface area contributed by atoms with E-state index in [2.05, 4.69) is 0 Å². The second-order valence-corrected chi connectivity index (χ2v) is 4.94. The van der Waals surface area contributed by atoms with Gasteiger partial charge in [-0.25, -0.2) is 4.39 Å². The molecule has 104 valence electrons. The van der Waals surface area contributed by atoms with Crippen LogP contribution in [0.3, 0.4) is 0 Å². The summed E-state index contributed by atoms with van der Waals surface area (Å²) in [5.74, 6) is -0.478. The van der Waals surface area contributed by atoms with Crippen molar-refractivity contribution in [2.45, 2.75) is 12.8 Å². The zero-order chi connectivity index (χ0) is 14.5. The highest BCUT2D eigenvalue weighted by Gasteiger charge is 2.13. The lowest BCUT2D eigenvalue weighted by atomic mass is 9.97. The summed E-state index contributed by atoms with van der Waals surface area (Å²) in [5, 5.41) is 0.399. The quantitative estimate of drug-likeness (QED) is 0.858. The Labute approximate surface area is 122 Å². The second-order valence-electron chi connectivity index (χ2n) is 4.53. The van der Waals surface area contributed by atoms with E-state index in [1.54, 1.807) is 12.1 Å². The standard InChI is InChI=1S/C16H15ClFNO/c17-15-6-5-13(18)9-12(15)10-16(20)14-4-2-1-3-11(14)7-8-19/h1-6,9H,7-8,10,19H2. The molecule has 2 N–H and O–H groups in total.